The number of ether oxygens (including phenoxy) is 1. The van der Waals surface area contributed by atoms with E-state index < -0.39 is 0 Å². The van der Waals surface area contributed by atoms with Gasteiger partial charge in [0.05, 0.1) is 0 Å². The fourth-order valence-corrected chi connectivity index (χ4v) is 2.43. The molecule has 94 valence electrons. The van der Waals surface area contributed by atoms with Crippen molar-refractivity contribution in [3.8, 4) is 11.6 Å². The molecule has 0 bridgehead atoms. The van der Waals surface area contributed by atoms with Crippen molar-refractivity contribution in [1.82, 2.24) is 9.97 Å². The summed E-state index contributed by atoms with van der Waals surface area (Å²) >= 11 is 10.7. The quantitative estimate of drug-likeness (QED) is 0.458. The Balaban J connectivity index is 2.30. The molecule has 0 aliphatic heterocycles. The monoisotopic (exact) mass is 344 g/mol. The van der Waals surface area contributed by atoms with Gasteiger partial charge in [0.2, 0.25) is 5.88 Å². The number of aryl methyl sites for hydroxylation is 1. The molecule has 0 amide bonds. The third-order valence-corrected chi connectivity index (χ3v) is 3.42. The molecular weight excluding hydrogens is 336 g/mol. The Morgan fingerprint density at radius 1 is 1.28 bits per heavy atom. The zero-order valence-corrected chi connectivity index (χ0v) is 12.9. The topological polar surface area (TPSA) is 35.0 Å². The molecule has 0 saturated heterocycles. The summed E-state index contributed by atoms with van der Waals surface area (Å²) in [5, 5.41) is 0.964. The maximum Gasteiger partial charge on any atom is 0.224 e. The highest BCUT2D eigenvalue weighted by molar-refractivity contribution is 9.10. The van der Waals surface area contributed by atoms with E-state index in [2.05, 4.69) is 25.9 Å². The number of halogens is 2. The van der Waals surface area contributed by atoms with Gasteiger partial charge in [-0.2, -0.15) is 4.98 Å². The minimum Gasteiger partial charge on any atom is -0.439 e. The standard InChI is InChI=1S/C12H10BrClN2OS/c1-7-5-8(13)3-4-9(7)17-11-6-10(14)15-12(16-11)18-2/h3-6H,1-2H3. The van der Waals surface area contributed by atoms with Crippen molar-refractivity contribution in [3.63, 3.8) is 0 Å². The SMILES string of the molecule is CSc1nc(Cl)cc(Oc2ccc(Br)cc2C)n1. The van der Waals surface area contributed by atoms with E-state index in [4.69, 9.17) is 16.3 Å². The Bertz CT molecular complexity index is 580. The van der Waals surface area contributed by atoms with E-state index in [9.17, 15) is 0 Å². The first kappa shape index (κ1) is 13.6. The molecule has 3 nitrogen and oxygen atoms in total. The highest BCUT2D eigenvalue weighted by Gasteiger charge is 2.07. The summed E-state index contributed by atoms with van der Waals surface area (Å²) in [6, 6.07) is 7.38. The summed E-state index contributed by atoms with van der Waals surface area (Å²) in [6.07, 6.45) is 1.89. The molecule has 2 aromatic rings. The van der Waals surface area contributed by atoms with Gasteiger partial charge in [-0.15, -0.1) is 0 Å². The van der Waals surface area contributed by atoms with Crippen LogP contribution in [0.1, 0.15) is 5.56 Å². The van der Waals surface area contributed by atoms with Crippen LogP contribution in [-0.4, -0.2) is 16.2 Å². The number of hydrogen-bond donors (Lipinski definition) is 0. The fraction of sp³-hybridized carbons (Fsp3) is 0.167. The van der Waals surface area contributed by atoms with E-state index in [0.717, 1.165) is 15.8 Å². The summed E-state index contributed by atoms with van der Waals surface area (Å²) in [6.45, 7) is 1.97. The van der Waals surface area contributed by atoms with Crippen molar-refractivity contribution in [2.45, 2.75) is 12.1 Å². The third-order valence-electron chi connectivity index (χ3n) is 2.18. The normalized spacial score (nSPS) is 10.4. The highest BCUT2D eigenvalue weighted by Crippen LogP contribution is 2.28. The Morgan fingerprint density at radius 2 is 2.06 bits per heavy atom. The summed E-state index contributed by atoms with van der Waals surface area (Å²) in [4.78, 5) is 8.30. The summed E-state index contributed by atoms with van der Waals surface area (Å²) in [7, 11) is 0. The summed E-state index contributed by atoms with van der Waals surface area (Å²) in [5.41, 5.74) is 1.02. The molecule has 0 aliphatic rings. The van der Waals surface area contributed by atoms with Crippen molar-refractivity contribution in [2.75, 3.05) is 6.26 Å². The van der Waals surface area contributed by atoms with Crippen LogP contribution in [0, 0.1) is 6.92 Å². The lowest BCUT2D eigenvalue weighted by atomic mass is 10.2. The van der Waals surface area contributed by atoms with Gasteiger partial charge in [-0.05, 0) is 36.9 Å². The second kappa shape index (κ2) is 5.91. The molecule has 0 N–H and O–H groups in total. The fourth-order valence-electron chi connectivity index (χ4n) is 1.36. The van der Waals surface area contributed by atoms with Crippen molar-refractivity contribution >= 4 is 39.3 Å². The molecule has 2 rings (SSSR count). The summed E-state index contributed by atoms with van der Waals surface area (Å²) in [5.74, 6) is 1.20. The minimum atomic E-state index is 0.374. The van der Waals surface area contributed by atoms with Crippen LogP contribution in [0.2, 0.25) is 5.15 Å². The minimum absolute atomic E-state index is 0.374. The number of aromatic nitrogens is 2. The van der Waals surface area contributed by atoms with E-state index in [1.54, 1.807) is 6.07 Å². The molecule has 0 spiro atoms. The molecular formula is C12H10BrClN2OS. The number of thioether (sulfide) groups is 1. The maximum atomic E-state index is 5.91. The molecule has 1 aromatic heterocycles. The Labute approximate surface area is 123 Å². The summed E-state index contributed by atoms with van der Waals surface area (Å²) < 4.78 is 6.73. The zero-order chi connectivity index (χ0) is 13.1. The van der Waals surface area contributed by atoms with Gasteiger partial charge in [0.1, 0.15) is 10.9 Å². The molecule has 0 aliphatic carbocycles. The van der Waals surface area contributed by atoms with Crippen molar-refractivity contribution in [1.29, 1.82) is 0 Å². The smallest absolute Gasteiger partial charge is 0.224 e. The van der Waals surface area contributed by atoms with Crippen LogP contribution in [-0.2, 0) is 0 Å². The second-order valence-corrected chi connectivity index (χ2v) is 5.60. The predicted molar refractivity (Wildman–Crippen MR) is 77.8 cm³/mol. The lowest BCUT2D eigenvalue weighted by molar-refractivity contribution is 0.452. The van der Waals surface area contributed by atoms with E-state index in [0.29, 0.717) is 16.2 Å². The van der Waals surface area contributed by atoms with Gasteiger partial charge >= 0.3 is 0 Å². The molecule has 1 aromatic carbocycles. The van der Waals surface area contributed by atoms with Crippen molar-refractivity contribution in [3.05, 3.63) is 39.5 Å². The number of rotatable bonds is 3. The highest BCUT2D eigenvalue weighted by atomic mass is 79.9. The first-order chi connectivity index (χ1) is 8.58. The van der Waals surface area contributed by atoms with E-state index in [1.807, 2.05) is 31.4 Å². The van der Waals surface area contributed by atoms with Crippen molar-refractivity contribution < 1.29 is 4.74 Å². The Morgan fingerprint density at radius 3 is 2.72 bits per heavy atom. The molecule has 18 heavy (non-hydrogen) atoms. The predicted octanol–water partition coefficient (Wildman–Crippen LogP) is 4.72. The average Bonchev–Trinajstić information content (AvgIpc) is 2.32. The maximum absolute atomic E-state index is 5.91. The van der Waals surface area contributed by atoms with Crippen LogP contribution in [0.5, 0.6) is 11.6 Å². The largest absolute Gasteiger partial charge is 0.439 e. The van der Waals surface area contributed by atoms with E-state index in [-0.39, 0.29) is 0 Å². The Hall–Kier alpha value is -0.780. The lowest BCUT2D eigenvalue weighted by Crippen LogP contribution is -1.94. The molecule has 6 heteroatoms. The van der Waals surface area contributed by atoms with Gasteiger partial charge in [-0.25, -0.2) is 4.98 Å². The molecule has 0 atom stereocenters. The van der Waals surface area contributed by atoms with Gasteiger partial charge in [-0.1, -0.05) is 39.3 Å². The van der Waals surface area contributed by atoms with Gasteiger partial charge in [0.15, 0.2) is 5.16 Å². The first-order valence-electron chi connectivity index (χ1n) is 5.11. The van der Waals surface area contributed by atoms with Gasteiger partial charge in [0, 0.05) is 10.5 Å². The number of benzene rings is 1. The van der Waals surface area contributed by atoms with Crippen LogP contribution in [0.3, 0.4) is 0 Å². The van der Waals surface area contributed by atoms with Crippen LogP contribution >= 0.6 is 39.3 Å². The molecule has 0 unspecified atom stereocenters. The molecule has 0 saturated carbocycles. The van der Waals surface area contributed by atoms with Gasteiger partial charge in [-0.3, -0.25) is 0 Å². The second-order valence-electron chi connectivity index (χ2n) is 3.53. The average molecular weight is 346 g/mol. The van der Waals surface area contributed by atoms with E-state index in [1.165, 1.54) is 11.8 Å². The number of hydrogen-bond acceptors (Lipinski definition) is 4. The number of nitrogens with zero attached hydrogens (tertiary/aromatic N) is 2. The van der Waals surface area contributed by atoms with Crippen LogP contribution in [0.25, 0.3) is 0 Å². The van der Waals surface area contributed by atoms with Crippen LogP contribution < -0.4 is 4.74 Å². The molecule has 1 heterocycles. The third kappa shape index (κ3) is 3.37. The first-order valence-corrected chi connectivity index (χ1v) is 7.50. The van der Waals surface area contributed by atoms with Crippen LogP contribution in [0.4, 0.5) is 0 Å². The Kier molecular flexibility index (Phi) is 4.48. The zero-order valence-electron chi connectivity index (χ0n) is 9.78. The van der Waals surface area contributed by atoms with Gasteiger partial charge in [0.25, 0.3) is 0 Å². The van der Waals surface area contributed by atoms with Gasteiger partial charge < -0.3 is 4.74 Å². The molecule has 0 fully saturated rings. The van der Waals surface area contributed by atoms with Crippen molar-refractivity contribution in [2.24, 2.45) is 0 Å². The van der Waals surface area contributed by atoms with Crippen LogP contribution in [0.15, 0.2) is 33.9 Å². The lowest BCUT2D eigenvalue weighted by Gasteiger charge is -2.08. The molecule has 0 radical (unpaired) electrons. The van der Waals surface area contributed by atoms with E-state index >= 15 is 0 Å².